The predicted molar refractivity (Wildman–Crippen MR) is 45.8 cm³/mol. The normalized spacial score (nSPS) is 10.5. The van der Waals surface area contributed by atoms with Gasteiger partial charge in [-0.3, -0.25) is 0 Å². The molecule has 66 valence electrons. The number of phenolic OH excluding ortho intramolecular Hbond substituents is 2. The fourth-order valence-corrected chi connectivity index (χ4v) is 1.15. The van der Waals surface area contributed by atoms with Gasteiger partial charge in [-0.05, 0) is 12.1 Å². The van der Waals surface area contributed by atoms with Crippen LogP contribution < -0.4 is 5.63 Å². The van der Waals surface area contributed by atoms with Crippen molar-refractivity contribution in [3.63, 3.8) is 0 Å². The zero-order valence-corrected chi connectivity index (χ0v) is 6.52. The topological polar surface area (TPSA) is 70.7 Å². The van der Waals surface area contributed by atoms with Crippen LogP contribution in [0.25, 0.3) is 11.0 Å². The van der Waals surface area contributed by atoms with Crippen LogP contribution in [0.5, 0.6) is 11.5 Å². The molecule has 0 aliphatic carbocycles. The summed E-state index contributed by atoms with van der Waals surface area (Å²) in [7, 11) is 0. The van der Waals surface area contributed by atoms with Gasteiger partial charge < -0.3 is 14.6 Å². The number of aromatic hydroxyl groups is 2. The fourth-order valence-electron chi connectivity index (χ4n) is 1.15. The second kappa shape index (κ2) is 2.52. The van der Waals surface area contributed by atoms with Crippen LogP contribution in [0.1, 0.15) is 0 Å². The van der Waals surface area contributed by atoms with Crippen LogP contribution in [0.4, 0.5) is 0 Å². The van der Waals surface area contributed by atoms with Crippen LogP contribution in [-0.4, -0.2) is 10.2 Å². The number of fused-ring (bicyclic) bond motifs is 1. The SMILES string of the molecule is O=c1ccc2cc(O)cc(O)c2o1. The Bertz CT molecular complexity index is 512. The van der Waals surface area contributed by atoms with Crippen LogP contribution in [0, 0.1) is 0 Å². The quantitative estimate of drug-likeness (QED) is 0.594. The first kappa shape index (κ1) is 7.67. The monoisotopic (exact) mass is 178 g/mol. The second-order valence-corrected chi connectivity index (χ2v) is 2.64. The van der Waals surface area contributed by atoms with Crippen molar-refractivity contribution in [1.82, 2.24) is 0 Å². The van der Waals surface area contributed by atoms with Crippen LogP contribution >= 0.6 is 0 Å². The fraction of sp³-hybridized carbons (Fsp3) is 0. The zero-order chi connectivity index (χ0) is 9.42. The van der Waals surface area contributed by atoms with Gasteiger partial charge in [-0.15, -0.1) is 0 Å². The molecule has 1 aromatic heterocycles. The molecule has 2 aromatic rings. The highest BCUT2D eigenvalue weighted by atomic mass is 16.4. The van der Waals surface area contributed by atoms with Gasteiger partial charge in [0.05, 0.1) is 0 Å². The van der Waals surface area contributed by atoms with Crippen molar-refractivity contribution in [2.45, 2.75) is 0 Å². The third-order valence-corrected chi connectivity index (χ3v) is 1.68. The van der Waals surface area contributed by atoms with Crippen molar-refractivity contribution in [2.24, 2.45) is 0 Å². The molecule has 13 heavy (non-hydrogen) atoms. The lowest BCUT2D eigenvalue weighted by molar-refractivity contribution is 0.441. The highest BCUT2D eigenvalue weighted by Crippen LogP contribution is 2.27. The van der Waals surface area contributed by atoms with E-state index in [9.17, 15) is 9.90 Å². The van der Waals surface area contributed by atoms with Crippen LogP contribution in [0.3, 0.4) is 0 Å². The number of hydrogen-bond donors (Lipinski definition) is 2. The summed E-state index contributed by atoms with van der Waals surface area (Å²) in [5.41, 5.74) is -0.446. The van der Waals surface area contributed by atoms with Crippen molar-refractivity contribution in [2.75, 3.05) is 0 Å². The van der Waals surface area contributed by atoms with E-state index < -0.39 is 5.63 Å². The summed E-state index contributed by atoms with van der Waals surface area (Å²) in [6.07, 6.45) is 0. The molecule has 2 N–H and O–H groups in total. The molecule has 0 aliphatic rings. The Morgan fingerprint density at radius 2 is 1.92 bits per heavy atom. The van der Waals surface area contributed by atoms with E-state index in [4.69, 9.17) is 9.52 Å². The molecule has 0 bridgehead atoms. The minimum atomic E-state index is -0.534. The third-order valence-electron chi connectivity index (χ3n) is 1.68. The average Bonchev–Trinajstić information content (AvgIpc) is 2.06. The summed E-state index contributed by atoms with van der Waals surface area (Å²) in [6.45, 7) is 0. The van der Waals surface area contributed by atoms with Gasteiger partial charge >= 0.3 is 5.63 Å². The predicted octanol–water partition coefficient (Wildman–Crippen LogP) is 1.20. The number of rotatable bonds is 0. The van der Waals surface area contributed by atoms with E-state index in [1.54, 1.807) is 0 Å². The highest BCUT2D eigenvalue weighted by Gasteiger charge is 2.04. The van der Waals surface area contributed by atoms with E-state index >= 15 is 0 Å². The largest absolute Gasteiger partial charge is 0.508 e. The van der Waals surface area contributed by atoms with Crippen molar-refractivity contribution in [3.8, 4) is 11.5 Å². The van der Waals surface area contributed by atoms with E-state index in [1.165, 1.54) is 18.2 Å². The van der Waals surface area contributed by atoms with Crippen molar-refractivity contribution >= 4 is 11.0 Å². The zero-order valence-electron chi connectivity index (χ0n) is 6.52. The van der Waals surface area contributed by atoms with E-state index in [0.29, 0.717) is 5.39 Å². The maximum absolute atomic E-state index is 10.8. The molecule has 0 aliphatic heterocycles. The van der Waals surface area contributed by atoms with Gasteiger partial charge in [0.25, 0.3) is 0 Å². The molecular formula is C9H6O4. The lowest BCUT2D eigenvalue weighted by Crippen LogP contribution is -1.94. The van der Waals surface area contributed by atoms with Crippen molar-refractivity contribution < 1.29 is 14.6 Å². The van der Waals surface area contributed by atoms with E-state index in [2.05, 4.69) is 0 Å². The Labute approximate surface area is 72.7 Å². The van der Waals surface area contributed by atoms with Gasteiger partial charge in [0.1, 0.15) is 5.75 Å². The minimum Gasteiger partial charge on any atom is -0.508 e. The molecule has 0 unspecified atom stereocenters. The number of benzene rings is 1. The molecule has 0 saturated carbocycles. The minimum absolute atomic E-state index is 0.0705. The van der Waals surface area contributed by atoms with Crippen molar-refractivity contribution in [3.05, 3.63) is 34.7 Å². The first-order valence-electron chi connectivity index (χ1n) is 3.62. The Kier molecular flexibility index (Phi) is 1.48. The molecule has 0 spiro atoms. The molecule has 2 rings (SSSR count). The van der Waals surface area contributed by atoms with Gasteiger partial charge in [-0.1, -0.05) is 0 Å². The van der Waals surface area contributed by atoms with E-state index in [-0.39, 0.29) is 17.1 Å². The molecule has 0 amide bonds. The number of hydrogen-bond acceptors (Lipinski definition) is 4. The molecule has 1 heterocycles. The summed E-state index contributed by atoms with van der Waals surface area (Å²) in [5, 5.41) is 18.9. The standard InChI is InChI=1S/C9H6O4/c10-6-3-5-1-2-8(12)13-9(5)7(11)4-6/h1-4,10-11H. The van der Waals surface area contributed by atoms with Gasteiger partial charge in [-0.25, -0.2) is 4.79 Å². The van der Waals surface area contributed by atoms with E-state index in [1.807, 2.05) is 0 Å². The average molecular weight is 178 g/mol. The highest BCUT2D eigenvalue weighted by molar-refractivity contribution is 5.83. The summed E-state index contributed by atoms with van der Waals surface area (Å²) >= 11 is 0. The van der Waals surface area contributed by atoms with Crippen molar-refractivity contribution in [1.29, 1.82) is 0 Å². The molecule has 0 atom stereocenters. The maximum Gasteiger partial charge on any atom is 0.336 e. The Hall–Kier alpha value is -1.97. The maximum atomic E-state index is 10.8. The molecular weight excluding hydrogens is 172 g/mol. The first-order chi connectivity index (χ1) is 6.16. The smallest absolute Gasteiger partial charge is 0.336 e. The second-order valence-electron chi connectivity index (χ2n) is 2.64. The molecule has 0 radical (unpaired) electrons. The Balaban J connectivity index is 2.95. The van der Waals surface area contributed by atoms with Gasteiger partial charge in [0, 0.05) is 17.5 Å². The van der Waals surface area contributed by atoms with Gasteiger partial charge in [-0.2, -0.15) is 0 Å². The van der Waals surface area contributed by atoms with Crippen LogP contribution in [0.15, 0.2) is 33.5 Å². The summed E-state index contributed by atoms with van der Waals surface area (Å²) in [6, 6.07) is 5.21. The number of phenols is 2. The van der Waals surface area contributed by atoms with Crippen LogP contribution in [0.2, 0.25) is 0 Å². The first-order valence-corrected chi connectivity index (χ1v) is 3.62. The molecule has 4 heteroatoms. The third kappa shape index (κ3) is 1.22. The Morgan fingerprint density at radius 1 is 1.15 bits per heavy atom. The summed E-state index contributed by atoms with van der Waals surface area (Å²) < 4.78 is 4.73. The molecule has 1 aromatic carbocycles. The molecule has 4 nitrogen and oxygen atoms in total. The molecule has 0 saturated heterocycles. The van der Waals surface area contributed by atoms with Crippen LogP contribution in [-0.2, 0) is 0 Å². The summed E-state index contributed by atoms with van der Waals surface area (Å²) in [4.78, 5) is 10.8. The summed E-state index contributed by atoms with van der Waals surface area (Å²) in [5.74, 6) is -0.313. The van der Waals surface area contributed by atoms with Gasteiger partial charge in [0.15, 0.2) is 11.3 Å². The van der Waals surface area contributed by atoms with Gasteiger partial charge in [0.2, 0.25) is 0 Å². The Morgan fingerprint density at radius 3 is 2.69 bits per heavy atom. The lowest BCUT2D eigenvalue weighted by atomic mass is 10.2. The lowest BCUT2D eigenvalue weighted by Gasteiger charge is -1.99. The van der Waals surface area contributed by atoms with E-state index in [0.717, 1.165) is 6.07 Å². The molecule has 0 fully saturated rings.